The van der Waals surface area contributed by atoms with Gasteiger partial charge in [0.1, 0.15) is 5.82 Å². The fraction of sp³-hybridized carbons (Fsp3) is 0.182. The maximum absolute atomic E-state index is 13.8. The van der Waals surface area contributed by atoms with Gasteiger partial charge in [0.25, 0.3) is 0 Å². The Morgan fingerprint density at radius 3 is 2.43 bits per heavy atom. The summed E-state index contributed by atoms with van der Waals surface area (Å²) in [6.07, 6.45) is -0.235. The number of ketones is 1. The minimum absolute atomic E-state index is 0.235. The van der Waals surface area contributed by atoms with E-state index in [1.165, 1.54) is 24.3 Å². The molecule has 0 amide bonds. The van der Waals surface area contributed by atoms with Crippen molar-refractivity contribution in [3.8, 4) is 0 Å². The smallest absolute Gasteiger partial charge is 0.307 e. The highest BCUT2D eigenvalue weighted by Crippen LogP contribution is 2.27. The summed E-state index contributed by atoms with van der Waals surface area (Å²) in [5.41, 5.74) is 1.80. The number of carbonyl (C=O) groups excluding carboxylic acids is 1. The monoisotopic (exact) mass is 398 g/mol. The van der Waals surface area contributed by atoms with Crippen LogP contribution in [0.2, 0.25) is 0 Å². The number of halogens is 1. The second-order valence-electron chi connectivity index (χ2n) is 6.52. The van der Waals surface area contributed by atoms with E-state index in [4.69, 9.17) is 5.11 Å². The molecule has 0 aliphatic carbocycles. The minimum atomic E-state index is -1.13. The van der Waals surface area contributed by atoms with Crippen LogP contribution in [0.4, 0.5) is 4.39 Å². The molecule has 1 N–H and O–H groups in total. The van der Waals surface area contributed by atoms with Crippen molar-refractivity contribution in [2.75, 3.05) is 5.75 Å². The van der Waals surface area contributed by atoms with Crippen LogP contribution in [-0.2, 0) is 22.0 Å². The number of benzene rings is 3. The molecule has 0 aromatic heterocycles. The van der Waals surface area contributed by atoms with Gasteiger partial charge in [-0.25, -0.2) is 4.39 Å². The van der Waals surface area contributed by atoms with E-state index in [1.807, 2.05) is 6.92 Å². The molecule has 0 spiro atoms. The van der Waals surface area contributed by atoms with Crippen molar-refractivity contribution < 1.29 is 23.3 Å². The van der Waals surface area contributed by atoms with E-state index in [2.05, 4.69) is 0 Å². The summed E-state index contributed by atoms with van der Waals surface area (Å²) in [6, 6.07) is 12.3. The first-order chi connectivity index (χ1) is 13.3. The van der Waals surface area contributed by atoms with Crippen molar-refractivity contribution in [2.24, 2.45) is 0 Å². The summed E-state index contributed by atoms with van der Waals surface area (Å²) in [4.78, 5) is 25.0. The molecule has 0 heterocycles. The molecule has 144 valence electrons. The van der Waals surface area contributed by atoms with E-state index in [0.29, 0.717) is 38.1 Å². The number of carboxylic acid groups (broad SMARTS) is 1. The maximum Gasteiger partial charge on any atom is 0.307 e. The van der Waals surface area contributed by atoms with Crippen molar-refractivity contribution in [2.45, 2.75) is 25.2 Å². The average molecular weight is 398 g/mol. The fourth-order valence-electron chi connectivity index (χ4n) is 3.20. The predicted molar refractivity (Wildman–Crippen MR) is 107 cm³/mol. The summed E-state index contributed by atoms with van der Waals surface area (Å²) < 4.78 is 25.8. The third kappa shape index (κ3) is 4.02. The maximum atomic E-state index is 13.8. The van der Waals surface area contributed by atoms with E-state index in [-0.39, 0.29) is 17.8 Å². The number of aliphatic carboxylic acids is 1. The zero-order valence-corrected chi connectivity index (χ0v) is 16.3. The third-order valence-corrected chi connectivity index (χ3v) is 5.85. The van der Waals surface area contributed by atoms with Crippen molar-refractivity contribution in [3.05, 3.63) is 76.6 Å². The first kappa shape index (κ1) is 19.9. The Hall–Kier alpha value is -2.86. The molecule has 28 heavy (non-hydrogen) atoms. The molecule has 4 nitrogen and oxygen atoms in total. The number of fused-ring (bicyclic) bond motifs is 1. The summed E-state index contributed by atoms with van der Waals surface area (Å²) in [7, 11) is -1.13. The number of rotatable bonds is 6. The molecule has 0 aliphatic heterocycles. The Morgan fingerprint density at radius 1 is 1.04 bits per heavy atom. The van der Waals surface area contributed by atoms with Gasteiger partial charge < -0.3 is 5.11 Å². The van der Waals surface area contributed by atoms with Crippen LogP contribution in [0.15, 0.2) is 53.4 Å². The van der Waals surface area contributed by atoms with Gasteiger partial charge in [-0.3, -0.25) is 13.8 Å². The molecule has 3 aromatic rings. The molecule has 1 atom stereocenters. The average Bonchev–Trinajstić information content (AvgIpc) is 2.66. The van der Waals surface area contributed by atoms with E-state index in [0.717, 1.165) is 0 Å². The number of hydrogen-bond donors (Lipinski definition) is 1. The second kappa shape index (κ2) is 8.02. The lowest BCUT2D eigenvalue weighted by molar-refractivity contribution is -0.136. The van der Waals surface area contributed by atoms with Crippen molar-refractivity contribution in [1.29, 1.82) is 0 Å². The molecule has 0 saturated heterocycles. The van der Waals surface area contributed by atoms with Crippen molar-refractivity contribution >= 4 is 33.3 Å². The van der Waals surface area contributed by atoms with Gasteiger partial charge >= 0.3 is 5.97 Å². The van der Waals surface area contributed by atoms with Crippen LogP contribution in [-0.4, -0.2) is 26.8 Å². The van der Waals surface area contributed by atoms with E-state index < -0.39 is 22.6 Å². The molecular formula is C22H19FO4S. The Kier molecular flexibility index (Phi) is 5.70. The van der Waals surface area contributed by atoms with Gasteiger partial charge in [0.05, 0.1) is 17.2 Å². The first-order valence-corrected chi connectivity index (χ1v) is 10.1. The van der Waals surface area contributed by atoms with Crippen LogP contribution in [0.3, 0.4) is 0 Å². The zero-order valence-electron chi connectivity index (χ0n) is 15.5. The SMILES string of the molecule is CCS(=O)c1ccc(C(=O)c2cc(CC(=O)O)cc3ccc(F)cc23)c(C)c1. The van der Waals surface area contributed by atoms with Crippen LogP contribution in [0.5, 0.6) is 0 Å². The Balaban J connectivity index is 2.16. The molecule has 3 rings (SSSR count). The number of aryl methyl sites for hydroxylation is 1. The topological polar surface area (TPSA) is 71.4 Å². The molecule has 0 saturated carbocycles. The van der Waals surface area contributed by atoms with E-state index in [9.17, 15) is 18.2 Å². The molecule has 0 aliphatic rings. The molecule has 0 bridgehead atoms. The molecule has 0 radical (unpaired) electrons. The molecular weight excluding hydrogens is 379 g/mol. The van der Waals surface area contributed by atoms with Crippen LogP contribution in [0.25, 0.3) is 10.8 Å². The summed E-state index contributed by atoms with van der Waals surface area (Å²) in [5, 5.41) is 10.1. The first-order valence-electron chi connectivity index (χ1n) is 8.78. The van der Waals surface area contributed by atoms with Crippen molar-refractivity contribution in [1.82, 2.24) is 0 Å². The lowest BCUT2D eigenvalue weighted by atomic mass is 9.92. The molecule has 1 unspecified atom stereocenters. The normalized spacial score (nSPS) is 12.1. The van der Waals surface area contributed by atoms with Gasteiger partial charge in [0, 0.05) is 21.8 Å². The summed E-state index contributed by atoms with van der Waals surface area (Å²) in [6.45, 7) is 3.58. The van der Waals surface area contributed by atoms with E-state index >= 15 is 0 Å². The highest BCUT2D eigenvalue weighted by atomic mass is 32.2. The number of hydrogen-bond acceptors (Lipinski definition) is 3. The Labute approximate surface area is 164 Å². The number of carboxylic acids is 1. The van der Waals surface area contributed by atoms with Crippen LogP contribution in [0, 0.1) is 12.7 Å². The Bertz CT molecular complexity index is 1120. The molecule has 6 heteroatoms. The Morgan fingerprint density at radius 2 is 1.79 bits per heavy atom. The third-order valence-electron chi connectivity index (χ3n) is 4.54. The van der Waals surface area contributed by atoms with Crippen LogP contribution < -0.4 is 0 Å². The number of carbonyl (C=O) groups is 2. The quantitative estimate of drug-likeness (QED) is 0.630. The summed E-state index contributed by atoms with van der Waals surface area (Å²) >= 11 is 0. The highest BCUT2D eigenvalue weighted by molar-refractivity contribution is 7.85. The van der Waals surface area contributed by atoms with Gasteiger partial charge in [-0.1, -0.05) is 19.1 Å². The second-order valence-corrected chi connectivity index (χ2v) is 8.26. The van der Waals surface area contributed by atoms with Gasteiger partial charge in [0.15, 0.2) is 5.78 Å². The van der Waals surface area contributed by atoms with Crippen molar-refractivity contribution in [3.63, 3.8) is 0 Å². The van der Waals surface area contributed by atoms with Gasteiger partial charge in [-0.2, -0.15) is 0 Å². The lowest BCUT2D eigenvalue weighted by Crippen LogP contribution is -2.08. The van der Waals surface area contributed by atoms with Crippen LogP contribution in [0.1, 0.15) is 34.0 Å². The van der Waals surface area contributed by atoms with E-state index in [1.54, 1.807) is 31.2 Å². The standard InChI is InChI=1S/C22H19FO4S/c1-3-28(27)17-6-7-18(13(2)8-17)22(26)20-10-14(11-21(24)25)9-15-4-5-16(23)12-19(15)20/h4-10,12H,3,11H2,1-2H3,(H,24,25). The molecule has 3 aromatic carbocycles. The largest absolute Gasteiger partial charge is 0.481 e. The highest BCUT2D eigenvalue weighted by Gasteiger charge is 2.18. The lowest BCUT2D eigenvalue weighted by Gasteiger charge is -2.12. The fourth-order valence-corrected chi connectivity index (χ4v) is 4.06. The molecule has 0 fully saturated rings. The minimum Gasteiger partial charge on any atom is -0.481 e. The summed E-state index contributed by atoms with van der Waals surface area (Å²) in [5.74, 6) is -1.33. The zero-order chi connectivity index (χ0) is 20.4. The van der Waals surface area contributed by atoms with Crippen LogP contribution >= 0.6 is 0 Å². The predicted octanol–water partition coefficient (Wildman–Crippen LogP) is 4.27. The van der Waals surface area contributed by atoms with Gasteiger partial charge in [-0.05, 0) is 65.2 Å². The van der Waals surface area contributed by atoms with Gasteiger partial charge in [-0.15, -0.1) is 0 Å². The van der Waals surface area contributed by atoms with Gasteiger partial charge in [0.2, 0.25) is 0 Å².